The van der Waals surface area contributed by atoms with Gasteiger partial charge in [-0.1, -0.05) is 67.4 Å². The molecule has 2 rings (SSSR count). The van der Waals surface area contributed by atoms with Gasteiger partial charge in [0, 0.05) is 5.25 Å². The van der Waals surface area contributed by atoms with Crippen LogP contribution in [0, 0.1) is 0 Å². The standard InChI is InChI=1S/C15H18OS/c16-15(17-14-9-5-2-6-10-14)12-11-13-7-3-1-4-8-13/h1,3-4,7-8,11-12,14H,2,5-6,9-10H2/b12-11+. The Bertz CT molecular complexity index is 377. The van der Waals surface area contributed by atoms with Gasteiger partial charge in [-0.15, -0.1) is 0 Å². The number of carbonyl (C=O) groups is 1. The first-order chi connectivity index (χ1) is 8.34. The molecule has 90 valence electrons. The number of hydrogen-bond donors (Lipinski definition) is 0. The summed E-state index contributed by atoms with van der Waals surface area (Å²) in [7, 11) is 0. The molecule has 1 fully saturated rings. The lowest BCUT2D eigenvalue weighted by Crippen LogP contribution is -2.10. The topological polar surface area (TPSA) is 17.1 Å². The summed E-state index contributed by atoms with van der Waals surface area (Å²) in [6.07, 6.45) is 9.92. The molecule has 0 saturated heterocycles. The molecule has 0 spiro atoms. The van der Waals surface area contributed by atoms with Crippen LogP contribution in [-0.4, -0.2) is 10.4 Å². The first kappa shape index (κ1) is 12.4. The third-order valence-corrected chi connectivity index (χ3v) is 4.22. The number of benzene rings is 1. The van der Waals surface area contributed by atoms with Gasteiger partial charge in [-0.05, 0) is 24.5 Å². The SMILES string of the molecule is O=C(/C=C/c1ccccc1)SC1CCCCC1. The average molecular weight is 246 g/mol. The van der Waals surface area contributed by atoms with E-state index in [4.69, 9.17) is 0 Å². The van der Waals surface area contributed by atoms with Crippen LogP contribution in [0.1, 0.15) is 37.7 Å². The van der Waals surface area contributed by atoms with Crippen LogP contribution < -0.4 is 0 Å². The predicted octanol–water partition coefficient (Wildman–Crippen LogP) is 4.29. The molecule has 0 atom stereocenters. The third-order valence-electron chi connectivity index (χ3n) is 3.05. The van der Waals surface area contributed by atoms with Crippen LogP contribution in [0.2, 0.25) is 0 Å². The smallest absolute Gasteiger partial charge is 0.212 e. The zero-order chi connectivity index (χ0) is 11.9. The van der Waals surface area contributed by atoms with E-state index in [1.807, 2.05) is 36.4 Å². The highest BCUT2D eigenvalue weighted by atomic mass is 32.2. The second kappa shape index (κ2) is 6.65. The van der Waals surface area contributed by atoms with Gasteiger partial charge in [0.25, 0.3) is 0 Å². The van der Waals surface area contributed by atoms with Crippen molar-refractivity contribution >= 4 is 23.0 Å². The molecule has 1 aromatic carbocycles. The van der Waals surface area contributed by atoms with Crippen molar-refractivity contribution in [1.29, 1.82) is 0 Å². The number of hydrogen-bond acceptors (Lipinski definition) is 2. The summed E-state index contributed by atoms with van der Waals surface area (Å²) in [6, 6.07) is 9.97. The molecule has 0 heterocycles. The summed E-state index contributed by atoms with van der Waals surface area (Å²) in [4.78, 5) is 11.8. The molecular weight excluding hydrogens is 228 g/mol. The predicted molar refractivity (Wildman–Crippen MR) is 74.9 cm³/mol. The van der Waals surface area contributed by atoms with Gasteiger partial charge in [0.15, 0.2) is 0 Å². The van der Waals surface area contributed by atoms with Gasteiger partial charge in [-0.2, -0.15) is 0 Å². The van der Waals surface area contributed by atoms with Gasteiger partial charge >= 0.3 is 0 Å². The van der Waals surface area contributed by atoms with Crippen molar-refractivity contribution in [2.45, 2.75) is 37.4 Å². The molecule has 17 heavy (non-hydrogen) atoms. The molecule has 1 nitrogen and oxygen atoms in total. The Hall–Kier alpha value is -1.02. The molecule has 1 aliphatic rings. The lowest BCUT2D eigenvalue weighted by Gasteiger charge is -2.19. The maximum atomic E-state index is 11.8. The quantitative estimate of drug-likeness (QED) is 0.740. The summed E-state index contributed by atoms with van der Waals surface area (Å²) >= 11 is 1.51. The summed E-state index contributed by atoms with van der Waals surface area (Å²) in [5, 5.41) is 0.748. The number of thioether (sulfide) groups is 1. The fourth-order valence-corrected chi connectivity index (χ4v) is 3.16. The van der Waals surface area contributed by atoms with Crippen LogP contribution in [0.15, 0.2) is 36.4 Å². The Morgan fingerprint density at radius 2 is 1.82 bits per heavy atom. The lowest BCUT2D eigenvalue weighted by atomic mass is 10.0. The molecule has 0 aromatic heterocycles. The number of rotatable bonds is 3. The normalized spacial score (nSPS) is 17.4. The largest absolute Gasteiger partial charge is 0.282 e. The minimum absolute atomic E-state index is 0.195. The second-order valence-electron chi connectivity index (χ2n) is 4.44. The Morgan fingerprint density at radius 1 is 1.12 bits per heavy atom. The van der Waals surface area contributed by atoms with Crippen LogP contribution in [0.3, 0.4) is 0 Å². The Balaban J connectivity index is 1.82. The summed E-state index contributed by atoms with van der Waals surface area (Å²) < 4.78 is 0. The van der Waals surface area contributed by atoms with Crippen molar-refractivity contribution in [2.75, 3.05) is 0 Å². The average Bonchev–Trinajstić information content (AvgIpc) is 2.39. The zero-order valence-electron chi connectivity index (χ0n) is 9.97. The molecule has 1 aromatic rings. The molecule has 0 bridgehead atoms. The van der Waals surface area contributed by atoms with E-state index in [1.165, 1.54) is 43.9 Å². The van der Waals surface area contributed by atoms with Crippen molar-refractivity contribution in [2.24, 2.45) is 0 Å². The molecule has 1 aliphatic carbocycles. The summed E-state index contributed by atoms with van der Waals surface area (Å²) in [5.41, 5.74) is 1.09. The van der Waals surface area contributed by atoms with Gasteiger partial charge in [0.1, 0.15) is 0 Å². The van der Waals surface area contributed by atoms with Crippen molar-refractivity contribution < 1.29 is 4.79 Å². The van der Waals surface area contributed by atoms with E-state index in [9.17, 15) is 4.79 Å². The molecular formula is C15H18OS. The van der Waals surface area contributed by atoms with E-state index in [0.717, 1.165) is 5.56 Å². The van der Waals surface area contributed by atoms with E-state index in [2.05, 4.69) is 0 Å². The maximum Gasteiger partial charge on any atom is 0.212 e. The first-order valence-corrected chi connectivity index (χ1v) is 7.16. The van der Waals surface area contributed by atoms with Crippen LogP contribution in [-0.2, 0) is 4.79 Å². The highest BCUT2D eigenvalue weighted by Crippen LogP contribution is 2.28. The van der Waals surface area contributed by atoms with Crippen LogP contribution in [0.4, 0.5) is 0 Å². The monoisotopic (exact) mass is 246 g/mol. The van der Waals surface area contributed by atoms with E-state index >= 15 is 0 Å². The van der Waals surface area contributed by atoms with Crippen LogP contribution in [0.5, 0.6) is 0 Å². The molecule has 0 amide bonds. The molecule has 2 heteroatoms. The number of carbonyl (C=O) groups excluding carboxylic acids is 1. The van der Waals surface area contributed by atoms with Crippen molar-refractivity contribution in [1.82, 2.24) is 0 Å². The van der Waals surface area contributed by atoms with Gasteiger partial charge in [0.05, 0.1) is 0 Å². The molecule has 0 aliphatic heterocycles. The van der Waals surface area contributed by atoms with Gasteiger partial charge in [-0.3, -0.25) is 4.79 Å². The minimum Gasteiger partial charge on any atom is -0.282 e. The fourth-order valence-electron chi connectivity index (χ4n) is 2.11. The Morgan fingerprint density at radius 3 is 2.53 bits per heavy atom. The van der Waals surface area contributed by atoms with Gasteiger partial charge in [-0.25, -0.2) is 0 Å². The highest BCUT2D eigenvalue weighted by Gasteiger charge is 2.16. The lowest BCUT2D eigenvalue weighted by molar-refractivity contribution is -0.107. The van der Waals surface area contributed by atoms with Gasteiger partial charge in [0.2, 0.25) is 5.12 Å². The molecule has 0 radical (unpaired) electrons. The fraction of sp³-hybridized carbons (Fsp3) is 0.400. The minimum atomic E-state index is 0.195. The highest BCUT2D eigenvalue weighted by molar-refractivity contribution is 8.14. The van der Waals surface area contributed by atoms with E-state index in [0.29, 0.717) is 5.25 Å². The van der Waals surface area contributed by atoms with E-state index in [-0.39, 0.29) is 5.12 Å². The first-order valence-electron chi connectivity index (χ1n) is 6.28. The summed E-state index contributed by atoms with van der Waals surface area (Å²) in [6.45, 7) is 0. The summed E-state index contributed by atoms with van der Waals surface area (Å²) in [5.74, 6) is 0. The van der Waals surface area contributed by atoms with E-state index in [1.54, 1.807) is 6.08 Å². The molecule has 0 unspecified atom stereocenters. The third kappa shape index (κ3) is 4.39. The van der Waals surface area contributed by atoms with Gasteiger partial charge < -0.3 is 0 Å². The van der Waals surface area contributed by atoms with Crippen molar-refractivity contribution in [3.05, 3.63) is 42.0 Å². The maximum absolute atomic E-state index is 11.8. The Labute approximate surface area is 107 Å². The Kier molecular flexibility index (Phi) is 4.87. The van der Waals surface area contributed by atoms with Crippen LogP contribution >= 0.6 is 11.8 Å². The van der Waals surface area contributed by atoms with Crippen molar-refractivity contribution in [3.63, 3.8) is 0 Å². The van der Waals surface area contributed by atoms with Crippen LogP contribution in [0.25, 0.3) is 6.08 Å². The van der Waals surface area contributed by atoms with E-state index < -0.39 is 0 Å². The zero-order valence-corrected chi connectivity index (χ0v) is 10.8. The van der Waals surface area contributed by atoms with Crippen molar-refractivity contribution in [3.8, 4) is 0 Å². The second-order valence-corrected chi connectivity index (χ2v) is 5.75. The molecule has 0 N–H and O–H groups in total. The molecule has 1 saturated carbocycles.